The van der Waals surface area contributed by atoms with Crippen LogP contribution in [0.25, 0.3) is 0 Å². The van der Waals surface area contributed by atoms with Crippen molar-refractivity contribution in [2.45, 2.75) is 31.8 Å². The van der Waals surface area contributed by atoms with Crippen molar-refractivity contribution in [3.63, 3.8) is 0 Å². The Morgan fingerprint density at radius 3 is 2.13 bits per heavy atom. The zero-order valence-corrected chi connectivity index (χ0v) is 17.0. The number of nitrogens with one attached hydrogen (secondary N) is 2. The molecule has 2 amide bonds. The maximum absolute atomic E-state index is 13.1. The Morgan fingerprint density at radius 2 is 1.60 bits per heavy atom. The monoisotopic (exact) mass is 417 g/mol. The number of carbonyl (C=O) groups excluding carboxylic acids is 3. The van der Waals surface area contributed by atoms with Gasteiger partial charge < -0.3 is 20.1 Å². The second kappa shape index (κ2) is 10.9. The van der Waals surface area contributed by atoms with E-state index in [9.17, 15) is 18.8 Å². The zero-order chi connectivity index (χ0) is 22.1. The second-order valence-electron chi connectivity index (χ2n) is 6.58. The Hall–Kier alpha value is -3.49. The molecule has 2 N–H and O–H groups in total. The van der Waals surface area contributed by atoms with Crippen LogP contribution < -0.4 is 15.4 Å². The van der Waals surface area contributed by atoms with Crippen LogP contribution in [-0.4, -0.2) is 49.1 Å². The molecule has 0 radical (unpaired) electrons. The molecule has 0 unspecified atom stereocenters. The van der Waals surface area contributed by atoms with E-state index < -0.39 is 35.7 Å². The van der Waals surface area contributed by atoms with Crippen molar-refractivity contribution in [3.8, 4) is 5.88 Å². The summed E-state index contributed by atoms with van der Waals surface area (Å²) in [6, 6.07) is 7.02. The standard InChI is InChI=1S/C21H24FN3O5/c1-13(26)24-17(10-14-4-7-16(22)8-5-14)20(27)25-18(21(28)30-3)11-15-6-9-19(29-2)23-12-15/h4-9,12,17-18H,10-11H2,1-3H3,(H,24,26)(H,25,27)/t17-,18-/m0/s1. The van der Waals surface area contributed by atoms with E-state index in [1.807, 2.05) is 0 Å². The summed E-state index contributed by atoms with van der Waals surface area (Å²) in [4.78, 5) is 40.7. The number of esters is 1. The predicted molar refractivity (Wildman–Crippen MR) is 106 cm³/mol. The fourth-order valence-corrected chi connectivity index (χ4v) is 2.81. The minimum absolute atomic E-state index is 0.129. The number of carbonyl (C=O) groups is 3. The van der Waals surface area contributed by atoms with E-state index >= 15 is 0 Å². The summed E-state index contributed by atoms with van der Waals surface area (Å²) >= 11 is 0. The van der Waals surface area contributed by atoms with Gasteiger partial charge >= 0.3 is 5.97 Å². The molecule has 1 aromatic carbocycles. The van der Waals surface area contributed by atoms with E-state index in [0.29, 0.717) is 17.0 Å². The summed E-state index contributed by atoms with van der Waals surface area (Å²) < 4.78 is 22.9. The van der Waals surface area contributed by atoms with Crippen LogP contribution in [0.5, 0.6) is 5.88 Å². The lowest BCUT2D eigenvalue weighted by molar-refractivity contribution is -0.145. The zero-order valence-electron chi connectivity index (χ0n) is 17.0. The van der Waals surface area contributed by atoms with Crippen molar-refractivity contribution >= 4 is 17.8 Å². The average Bonchev–Trinajstić information content (AvgIpc) is 2.73. The average molecular weight is 417 g/mol. The Balaban J connectivity index is 2.14. The number of nitrogens with zero attached hydrogens (tertiary/aromatic N) is 1. The van der Waals surface area contributed by atoms with Gasteiger partial charge in [-0.2, -0.15) is 0 Å². The summed E-state index contributed by atoms with van der Waals surface area (Å²) in [6.07, 6.45) is 1.80. The Labute approximate surface area is 173 Å². The first-order chi connectivity index (χ1) is 14.3. The number of aromatic nitrogens is 1. The molecule has 0 aliphatic heterocycles. The van der Waals surface area contributed by atoms with Gasteiger partial charge in [0.05, 0.1) is 14.2 Å². The van der Waals surface area contributed by atoms with Gasteiger partial charge in [-0.05, 0) is 23.3 Å². The minimum atomic E-state index is -0.984. The number of hydrogen-bond donors (Lipinski definition) is 2. The molecule has 0 saturated carbocycles. The first-order valence-electron chi connectivity index (χ1n) is 9.21. The van der Waals surface area contributed by atoms with Gasteiger partial charge in [-0.25, -0.2) is 14.2 Å². The third-order valence-electron chi connectivity index (χ3n) is 4.30. The van der Waals surface area contributed by atoms with Crippen molar-refractivity contribution in [3.05, 3.63) is 59.5 Å². The van der Waals surface area contributed by atoms with Gasteiger partial charge in [0, 0.05) is 32.0 Å². The van der Waals surface area contributed by atoms with Crippen LogP contribution >= 0.6 is 0 Å². The molecule has 2 atom stereocenters. The predicted octanol–water partition coefficient (Wildman–Crippen LogP) is 1.18. The number of rotatable bonds is 9. The number of benzene rings is 1. The third-order valence-corrected chi connectivity index (χ3v) is 4.30. The van der Waals surface area contributed by atoms with Crippen molar-refractivity contribution in [1.29, 1.82) is 0 Å². The summed E-state index contributed by atoms with van der Waals surface area (Å²) in [5, 5.41) is 5.18. The summed E-state index contributed by atoms with van der Waals surface area (Å²) in [5.41, 5.74) is 1.33. The number of pyridine rings is 1. The summed E-state index contributed by atoms with van der Waals surface area (Å²) in [6.45, 7) is 1.28. The minimum Gasteiger partial charge on any atom is -0.481 e. The molecule has 160 valence electrons. The molecule has 1 aromatic heterocycles. The van der Waals surface area contributed by atoms with Crippen LogP contribution in [0, 0.1) is 5.82 Å². The van der Waals surface area contributed by atoms with Crippen molar-refractivity contribution < 1.29 is 28.2 Å². The number of hydrogen-bond acceptors (Lipinski definition) is 6. The Morgan fingerprint density at radius 1 is 0.967 bits per heavy atom. The smallest absolute Gasteiger partial charge is 0.328 e. The molecule has 9 heteroatoms. The number of halogens is 1. The maximum Gasteiger partial charge on any atom is 0.328 e. The first kappa shape index (κ1) is 22.8. The number of amides is 2. The van der Waals surface area contributed by atoms with Crippen LogP contribution in [0.3, 0.4) is 0 Å². The molecule has 2 rings (SSSR count). The molecular formula is C21H24FN3O5. The SMILES string of the molecule is COC(=O)[C@H](Cc1ccc(OC)nc1)NC(=O)[C@H](Cc1ccc(F)cc1)NC(C)=O. The molecule has 0 aliphatic carbocycles. The van der Waals surface area contributed by atoms with Gasteiger partial charge in [0.2, 0.25) is 17.7 Å². The van der Waals surface area contributed by atoms with Crippen LogP contribution in [0.1, 0.15) is 18.1 Å². The van der Waals surface area contributed by atoms with Crippen LogP contribution in [0.4, 0.5) is 4.39 Å². The van der Waals surface area contributed by atoms with Crippen LogP contribution in [0.2, 0.25) is 0 Å². The summed E-state index contributed by atoms with van der Waals surface area (Å²) in [7, 11) is 2.71. The normalized spacial score (nSPS) is 12.4. The fraction of sp³-hybridized carbons (Fsp3) is 0.333. The van der Waals surface area contributed by atoms with Gasteiger partial charge in [-0.3, -0.25) is 9.59 Å². The van der Waals surface area contributed by atoms with Gasteiger partial charge in [0.25, 0.3) is 0 Å². The van der Waals surface area contributed by atoms with Gasteiger partial charge in [0.1, 0.15) is 17.9 Å². The van der Waals surface area contributed by atoms with Gasteiger partial charge in [-0.15, -0.1) is 0 Å². The topological polar surface area (TPSA) is 107 Å². The molecule has 0 bridgehead atoms. The lowest BCUT2D eigenvalue weighted by atomic mass is 10.0. The lowest BCUT2D eigenvalue weighted by Gasteiger charge is -2.22. The quantitative estimate of drug-likeness (QED) is 0.594. The van der Waals surface area contributed by atoms with E-state index in [2.05, 4.69) is 15.6 Å². The molecule has 2 aromatic rings. The lowest BCUT2D eigenvalue weighted by Crippen LogP contribution is -2.53. The van der Waals surface area contributed by atoms with E-state index in [1.54, 1.807) is 12.1 Å². The van der Waals surface area contributed by atoms with Gasteiger partial charge in [-0.1, -0.05) is 18.2 Å². The van der Waals surface area contributed by atoms with Crippen molar-refractivity contribution in [1.82, 2.24) is 15.6 Å². The number of methoxy groups -OCH3 is 2. The second-order valence-corrected chi connectivity index (χ2v) is 6.58. The molecule has 1 heterocycles. The van der Waals surface area contributed by atoms with E-state index in [4.69, 9.17) is 9.47 Å². The molecule has 0 aliphatic rings. The van der Waals surface area contributed by atoms with Gasteiger partial charge in [0.15, 0.2) is 0 Å². The highest BCUT2D eigenvalue weighted by atomic mass is 19.1. The van der Waals surface area contributed by atoms with Crippen LogP contribution in [-0.2, 0) is 32.0 Å². The largest absolute Gasteiger partial charge is 0.481 e. The third kappa shape index (κ3) is 6.84. The highest BCUT2D eigenvalue weighted by Gasteiger charge is 2.27. The molecule has 30 heavy (non-hydrogen) atoms. The first-order valence-corrected chi connectivity index (χ1v) is 9.21. The Bertz CT molecular complexity index is 871. The van der Waals surface area contributed by atoms with E-state index in [-0.39, 0.29) is 12.8 Å². The number of ether oxygens (including phenoxy) is 2. The highest BCUT2D eigenvalue weighted by Crippen LogP contribution is 2.11. The molecule has 0 fully saturated rings. The molecule has 8 nitrogen and oxygen atoms in total. The van der Waals surface area contributed by atoms with E-state index in [0.717, 1.165) is 0 Å². The molecule has 0 spiro atoms. The Kier molecular flexibility index (Phi) is 8.28. The van der Waals surface area contributed by atoms with E-state index in [1.165, 1.54) is 51.6 Å². The molecular weight excluding hydrogens is 393 g/mol. The van der Waals surface area contributed by atoms with Crippen LogP contribution in [0.15, 0.2) is 42.6 Å². The maximum atomic E-state index is 13.1. The summed E-state index contributed by atoms with van der Waals surface area (Å²) in [5.74, 6) is -1.60. The van der Waals surface area contributed by atoms with Crippen molar-refractivity contribution in [2.75, 3.05) is 14.2 Å². The molecule has 0 saturated heterocycles. The fourth-order valence-electron chi connectivity index (χ4n) is 2.81. The highest BCUT2D eigenvalue weighted by molar-refractivity contribution is 5.90. The van der Waals surface area contributed by atoms with Crippen molar-refractivity contribution in [2.24, 2.45) is 0 Å².